The minimum atomic E-state index is -1.21. The monoisotopic (exact) mass is 322 g/mol. The molecule has 1 aliphatic heterocycles. The maximum absolute atomic E-state index is 11.8. The molecule has 0 aromatic rings. The summed E-state index contributed by atoms with van der Waals surface area (Å²) in [6.45, 7) is -0.487. The van der Waals surface area contributed by atoms with Gasteiger partial charge in [0.05, 0.1) is 5.37 Å². The molecule has 9 heteroatoms. The lowest BCUT2D eigenvalue weighted by Gasteiger charge is -2.18. The van der Waals surface area contributed by atoms with Gasteiger partial charge in [0.25, 0.3) is 0 Å². The van der Waals surface area contributed by atoms with E-state index in [1.54, 1.807) is 10.8 Å². The van der Waals surface area contributed by atoms with Crippen LogP contribution in [-0.2, 0) is 14.4 Å². The highest BCUT2D eigenvalue weighted by Gasteiger charge is 2.19. The summed E-state index contributed by atoms with van der Waals surface area (Å²) in [4.78, 5) is 33.8. The Labute approximate surface area is 124 Å². The normalized spacial score (nSPS) is 17.9. The van der Waals surface area contributed by atoms with Crippen molar-refractivity contribution in [2.75, 3.05) is 25.4 Å². The molecule has 1 saturated heterocycles. The van der Waals surface area contributed by atoms with Crippen molar-refractivity contribution in [2.45, 2.75) is 24.6 Å². The van der Waals surface area contributed by atoms with Crippen LogP contribution in [0.3, 0.4) is 0 Å². The van der Waals surface area contributed by atoms with E-state index < -0.39 is 30.9 Å². The van der Waals surface area contributed by atoms with Crippen molar-refractivity contribution in [1.29, 1.82) is 0 Å². The number of rotatable bonds is 9. The third-order valence-corrected chi connectivity index (χ3v) is 5.37. The molecule has 0 aliphatic carbocycles. The molecule has 3 N–H and O–H groups in total. The van der Waals surface area contributed by atoms with Crippen LogP contribution in [0.5, 0.6) is 0 Å². The number of carboxylic acid groups (broad SMARTS) is 2. The van der Waals surface area contributed by atoms with Crippen LogP contribution in [0.4, 0.5) is 0 Å². The molecule has 114 valence electrons. The molecule has 7 nitrogen and oxygen atoms in total. The number of carbonyl (C=O) groups is 3. The number of carboxylic acids is 2. The SMILES string of the molecule is O=C(O)CN(CC(=O)O)C(=O)CCCN[C@@H]1CCSS1. The Morgan fingerprint density at radius 3 is 2.35 bits per heavy atom. The van der Waals surface area contributed by atoms with Crippen LogP contribution in [0.2, 0.25) is 0 Å². The van der Waals surface area contributed by atoms with E-state index in [1.807, 2.05) is 10.8 Å². The van der Waals surface area contributed by atoms with Crippen LogP contribution >= 0.6 is 21.6 Å². The van der Waals surface area contributed by atoms with Gasteiger partial charge in [0, 0.05) is 12.2 Å². The van der Waals surface area contributed by atoms with E-state index in [9.17, 15) is 14.4 Å². The summed E-state index contributed by atoms with van der Waals surface area (Å²) in [5.74, 6) is -1.74. The van der Waals surface area contributed by atoms with E-state index in [0.29, 0.717) is 18.3 Å². The van der Waals surface area contributed by atoms with E-state index >= 15 is 0 Å². The maximum atomic E-state index is 11.8. The molecule has 1 amide bonds. The van der Waals surface area contributed by atoms with Gasteiger partial charge in [-0.25, -0.2) is 0 Å². The standard InChI is InChI=1S/C11H18N2O5S2/c14-9(13(6-10(15)16)7-11(17)18)2-1-4-12-8-3-5-19-20-8/h8,12H,1-7H2,(H,15,16)(H,17,18)/t8-/m0/s1. The van der Waals surface area contributed by atoms with Crippen molar-refractivity contribution in [3.05, 3.63) is 0 Å². The lowest BCUT2D eigenvalue weighted by atomic mass is 10.2. The molecule has 1 aliphatic rings. The van der Waals surface area contributed by atoms with Crippen molar-refractivity contribution < 1.29 is 24.6 Å². The van der Waals surface area contributed by atoms with E-state index in [2.05, 4.69) is 5.32 Å². The van der Waals surface area contributed by atoms with E-state index in [4.69, 9.17) is 10.2 Å². The van der Waals surface area contributed by atoms with Gasteiger partial charge in [0.2, 0.25) is 5.91 Å². The first-order valence-electron chi connectivity index (χ1n) is 6.22. The minimum Gasteiger partial charge on any atom is -0.480 e. The summed E-state index contributed by atoms with van der Waals surface area (Å²) in [5, 5.41) is 21.0. The topological polar surface area (TPSA) is 107 Å². The molecule has 0 aromatic heterocycles. The Hall–Kier alpha value is -0.930. The number of hydrogen-bond donors (Lipinski definition) is 3. The van der Waals surface area contributed by atoms with Gasteiger partial charge in [-0.05, 0) is 19.4 Å². The summed E-state index contributed by atoms with van der Waals surface area (Å²) >= 11 is 0. The average Bonchev–Trinajstić information content (AvgIpc) is 2.85. The fourth-order valence-electron chi connectivity index (χ4n) is 1.69. The first kappa shape index (κ1) is 17.1. The predicted molar refractivity (Wildman–Crippen MR) is 77.5 cm³/mol. The number of nitrogens with zero attached hydrogens (tertiary/aromatic N) is 1. The molecule has 0 bridgehead atoms. The molecular formula is C11H18N2O5S2. The van der Waals surface area contributed by atoms with Gasteiger partial charge in [-0.3, -0.25) is 14.4 Å². The fraction of sp³-hybridized carbons (Fsp3) is 0.727. The summed E-state index contributed by atoms with van der Waals surface area (Å²) < 4.78 is 0. The summed E-state index contributed by atoms with van der Waals surface area (Å²) in [6.07, 6.45) is 1.81. The molecular weight excluding hydrogens is 304 g/mol. The largest absolute Gasteiger partial charge is 0.480 e. The second-order valence-corrected chi connectivity index (χ2v) is 6.98. The van der Waals surface area contributed by atoms with Crippen LogP contribution < -0.4 is 5.32 Å². The third kappa shape index (κ3) is 7.01. The minimum absolute atomic E-state index is 0.151. The quantitative estimate of drug-likeness (QED) is 0.415. The zero-order chi connectivity index (χ0) is 15.0. The number of nitrogens with one attached hydrogen (secondary N) is 1. The zero-order valence-electron chi connectivity index (χ0n) is 10.9. The zero-order valence-corrected chi connectivity index (χ0v) is 12.5. The smallest absolute Gasteiger partial charge is 0.323 e. The van der Waals surface area contributed by atoms with Crippen molar-refractivity contribution in [2.24, 2.45) is 0 Å². The van der Waals surface area contributed by atoms with Crippen LogP contribution in [-0.4, -0.2) is 63.7 Å². The molecule has 0 saturated carbocycles. The summed E-state index contributed by atoms with van der Waals surface area (Å²) in [7, 11) is 3.59. The van der Waals surface area contributed by atoms with Gasteiger partial charge in [-0.2, -0.15) is 0 Å². The molecule has 1 rings (SSSR count). The average molecular weight is 322 g/mol. The molecule has 1 heterocycles. The Balaban J connectivity index is 2.25. The molecule has 0 aromatic carbocycles. The van der Waals surface area contributed by atoms with Crippen LogP contribution in [0.15, 0.2) is 0 Å². The van der Waals surface area contributed by atoms with Crippen LogP contribution in [0.1, 0.15) is 19.3 Å². The third-order valence-electron chi connectivity index (χ3n) is 2.59. The Kier molecular flexibility index (Phi) is 7.78. The predicted octanol–water partition coefficient (Wildman–Crippen LogP) is 0.465. The molecule has 0 spiro atoms. The van der Waals surface area contributed by atoms with Crippen molar-refractivity contribution in [3.8, 4) is 0 Å². The second-order valence-electron chi connectivity index (χ2n) is 4.29. The highest BCUT2D eigenvalue weighted by atomic mass is 33.1. The van der Waals surface area contributed by atoms with Gasteiger partial charge < -0.3 is 20.4 Å². The van der Waals surface area contributed by atoms with Gasteiger partial charge in [0.15, 0.2) is 0 Å². The molecule has 1 fully saturated rings. The Bertz CT molecular complexity index is 345. The first-order chi connectivity index (χ1) is 9.49. The fourth-order valence-corrected chi connectivity index (χ4v) is 4.39. The molecule has 1 atom stereocenters. The number of aliphatic carboxylic acids is 2. The number of carbonyl (C=O) groups excluding carboxylic acids is 1. The molecule has 20 heavy (non-hydrogen) atoms. The second kappa shape index (κ2) is 9.09. The lowest BCUT2D eigenvalue weighted by molar-refractivity contribution is -0.149. The highest BCUT2D eigenvalue weighted by molar-refractivity contribution is 8.77. The number of amides is 1. The van der Waals surface area contributed by atoms with E-state index in [-0.39, 0.29) is 6.42 Å². The lowest BCUT2D eigenvalue weighted by Crippen LogP contribution is -2.39. The van der Waals surface area contributed by atoms with Gasteiger partial charge in [-0.1, -0.05) is 21.6 Å². The van der Waals surface area contributed by atoms with E-state index in [0.717, 1.165) is 17.1 Å². The number of hydrogen-bond acceptors (Lipinski definition) is 6. The van der Waals surface area contributed by atoms with Gasteiger partial charge >= 0.3 is 11.9 Å². The van der Waals surface area contributed by atoms with E-state index in [1.165, 1.54) is 0 Å². The Morgan fingerprint density at radius 1 is 1.20 bits per heavy atom. The Morgan fingerprint density at radius 2 is 1.85 bits per heavy atom. The van der Waals surface area contributed by atoms with Gasteiger partial charge in [-0.15, -0.1) is 0 Å². The molecule has 0 radical (unpaired) electrons. The van der Waals surface area contributed by atoms with Crippen LogP contribution in [0.25, 0.3) is 0 Å². The summed E-state index contributed by atoms with van der Waals surface area (Å²) in [6, 6.07) is 0. The highest BCUT2D eigenvalue weighted by Crippen LogP contribution is 2.35. The van der Waals surface area contributed by atoms with Crippen molar-refractivity contribution in [3.63, 3.8) is 0 Å². The van der Waals surface area contributed by atoms with Crippen molar-refractivity contribution in [1.82, 2.24) is 10.2 Å². The van der Waals surface area contributed by atoms with Gasteiger partial charge in [0.1, 0.15) is 13.1 Å². The first-order valence-corrected chi connectivity index (χ1v) is 8.60. The van der Waals surface area contributed by atoms with Crippen LogP contribution in [0, 0.1) is 0 Å². The summed E-state index contributed by atoms with van der Waals surface area (Å²) in [5.41, 5.74) is 0. The van der Waals surface area contributed by atoms with Crippen molar-refractivity contribution >= 4 is 39.4 Å². The maximum Gasteiger partial charge on any atom is 0.323 e. The molecule has 0 unspecified atom stereocenters.